The minimum atomic E-state index is -0.861. The number of rotatable bonds is 4. The molecule has 0 saturated heterocycles. The molecule has 0 unspecified atom stereocenters. The highest BCUT2D eigenvalue weighted by atomic mass is 35.5. The van der Waals surface area contributed by atoms with Gasteiger partial charge in [-0.3, -0.25) is 5.43 Å². The van der Waals surface area contributed by atoms with Gasteiger partial charge in [-0.05, 0) is 6.07 Å². The van der Waals surface area contributed by atoms with Crippen molar-refractivity contribution < 1.29 is 9.53 Å². The molecule has 0 saturated carbocycles. The zero-order valence-electron chi connectivity index (χ0n) is 9.34. The Balaban J connectivity index is 2.13. The Kier molecular flexibility index (Phi) is 3.85. The maximum Gasteiger partial charge on any atom is 0.405 e. The Bertz CT molecular complexity index is 459. The van der Waals surface area contributed by atoms with Crippen molar-refractivity contribution in [3.8, 4) is 0 Å². The van der Waals surface area contributed by atoms with E-state index in [9.17, 15) is 4.79 Å². The lowest BCUT2D eigenvalue weighted by molar-refractivity contribution is 0.0528. The van der Waals surface area contributed by atoms with Crippen LogP contribution in [0.25, 0.3) is 0 Å². The number of primary amides is 1. The molecule has 1 aromatic carbocycles. The van der Waals surface area contributed by atoms with Gasteiger partial charge in [0.2, 0.25) is 0 Å². The van der Waals surface area contributed by atoms with Crippen molar-refractivity contribution in [3.63, 3.8) is 0 Å². The molecule has 1 amide bonds. The van der Waals surface area contributed by atoms with Crippen LogP contribution in [-0.2, 0) is 4.74 Å². The van der Waals surface area contributed by atoms with E-state index in [-0.39, 0.29) is 0 Å². The van der Waals surface area contributed by atoms with Gasteiger partial charge in [0, 0.05) is 10.6 Å². The predicted octanol–water partition coefficient (Wildman–Crippen LogP) is 0.745. The third kappa shape index (κ3) is 3.02. The second-order valence-electron chi connectivity index (χ2n) is 3.54. The summed E-state index contributed by atoms with van der Waals surface area (Å²) in [5, 5.41) is 5.79. The van der Waals surface area contributed by atoms with Crippen LogP contribution in [0, 0.1) is 0 Å². The maximum atomic E-state index is 10.9. The van der Waals surface area contributed by atoms with Crippen molar-refractivity contribution in [1.29, 1.82) is 0 Å². The van der Waals surface area contributed by atoms with Crippen LogP contribution in [0.1, 0.15) is 11.7 Å². The molecule has 8 heteroatoms. The summed E-state index contributed by atoms with van der Waals surface area (Å²) in [4.78, 5) is 10.9. The number of hydrogen-bond donors (Lipinski definition) is 3. The molecule has 1 aliphatic heterocycles. The molecule has 7 nitrogen and oxygen atoms in total. The molecule has 1 atom stereocenters. The van der Waals surface area contributed by atoms with E-state index in [0.29, 0.717) is 17.1 Å². The number of nitrogens with one attached hydrogen (secondary N) is 2. The number of carbonyl (C=O) groups excluding carboxylic acids is 1. The molecular formula is C10H12ClN5O2. The van der Waals surface area contributed by atoms with Crippen molar-refractivity contribution in [2.24, 2.45) is 10.8 Å². The molecule has 0 fully saturated rings. The van der Waals surface area contributed by atoms with Gasteiger partial charge in [0.15, 0.2) is 0 Å². The van der Waals surface area contributed by atoms with E-state index in [4.69, 9.17) is 22.1 Å². The lowest BCUT2D eigenvalue weighted by Gasteiger charge is -2.23. The zero-order valence-corrected chi connectivity index (χ0v) is 10.1. The van der Waals surface area contributed by atoms with E-state index < -0.39 is 12.2 Å². The van der Waals surface area contributed by atoms with Crippen molar-refractivity contribution in [2.75, 3.05) is 6.54 Å². The van der Waals surface area contributed by atoms with Crippen LogP contribution in [0.3, 0.4) is 0 Å². The molecule has 18 heavy (non-hydrogen) atoms. The lowest BCUT2D eigenvalue weighted by Crippen LogP contribution is -2.42. The number of ether oxygens (including phenoxy) is 1. The molecule has 1 aliphatic rings. The van der Waals surface area contributed by atoms with Gasteiger partial charge in [0.05, 0.1) is 6.54 Å². The normalized spacial score (nSPS) is 15.8. The van der Waals surface area contributed by atoms with E-state index in [1.54, 1.807) is 24.3 Å². The SMILES string of the molecule is NC(=O)O[C@@H](CN1NC=NN1)c1ccccc1Cl. The van der Waals surface area contributed by atoms with E-state index in [1.165, 1.54) is 11.5 Å². The topological polar surface area (TPSA) is 92.0 Å². The maximum absolute atomic E-state index is 10.9. The van der Waals surface area contributed by atoms with Gasteiger partial charge < -0.3 is 10.5 Å². The summed E-state index contributed by atoms with van der Waals surface area (Å²) in [5.74, 6) is 0. The lowest BCUT2D eigenvalue weighted by atomic mass is 10.1. The molecular weight excluding hydrogens is 258 g/mol. The number of amides is 1. The molecule has 0 radical (unpaired) electrons. The highest BCUT2D eigenvalue weighted by Crippen LogP contribution is 2.25. The van der Waals surface area contributed by atoms with Gasteiger partial charge >= 0.3 is 6.09 Å². The average Bonchev–Trinajstić information content (AvgIpc) is 2.81. The molecule has 1 heterocycles. The van der Waals surface area contributed by atoms with Crippen LogP contribution in [-0.4, -0.2) is 24.1 Å². The molecule has 0 bridgehead atoms. The molecule has 2 rings (SSSR count). The number of hydrogen-bond acceptors (Lipinski definition) is 6. The number of carbonyl (C=O) groups is 1. The quantitative estimate of drug-likeness (QED) is 0.750. The average molecular weight is 270 g/mol. The second kappa shape index (κ2) is 5.56. The van der Waals surface area contributed by atoms with Gasteiger partial charge in [0.25, 0.3) is 0 Å². The third-order valence-electron chi connectivity index (χ3n) is 2.32. The van der Waals surface area contributed by atoms with E-state index in [0.717, 1.165) is 0 Å². The fourth-order valence-corrected chi connectivity index (χ4v) is 1.82. The summed E-state index contributed by atoms with van der Waals surface area (Å²) in [5.41, 5.74) is 11.2. The van der Waals surface area contributed by atoms with Crippen LogP contribution in [0.5, 0.6) is 0 Å². The Labute approximate surface area is 108 Å². The van der Waals surface area contributed by atoms with E-state index in [2.05, 4.69) is 16.1 Å². The van der Waals surface area contributed by atoms with Crippen molar-refractivity contribution >= 4 is 24.0 Å². The first-order chi connectivity index (χ1) is 8.66. The van der Waals surface area contributed by atoms with Gasteiger partial charge in [0.1, 0.15) is 12.4 Å². The van der Waals surface area contributed by atoms with Crippen LogP contribution < -0.4 is 16.7 Å². The number of halogens is 1. The number of nitrogens with two attached hydrogens (primary N) is 1. The van der Waals surface area contributed by atoms with Crippen LogP contribution in [0.15, 0.2) is 29.4 Å². The van der Waals surface area contributed by atoms with E-state index >= 15 is 0 Å². The number of hydrazine groups is 2. The molecule has 96 valence electrons. The van der Waals surface area contributed by atoms with Crippen LogP contribution in [0.4, 0.5) is 4.79 Å². The minimum Gasteiger partial charge on any atom is -0.440 e. The number of nitrogens with zero attached hydrogens (tertiary/aromatic N) is 2. The number of benzene rings is 1. The molecule has 0 spiro atoms. The van der Waals surface area contributed by atoms with E-state index in [1.807, 2.05) is 0 Å². The second-order valence-corrected chi connectivity index (χ2v) is 3.95. The monoisotopic (exact) mass is 269 g/mol. The summed E-state index contributed by atoms with van der Waals surface area (Å²) in [6.45, 7) is 0.298. The first-order valence-corrected chi connectivity index (χ1v) is 5.56. The molecule has 1 aromatic rings. The molecule has 0 aromatic heterocycles. The highest BCUT2D eigenvalue weighted by Gasteiger charge is 2.22. The molecule has 4 N–H and O–H groups in total. The van der Waals surface area contributed by atoms with Gasteiger partial charge in [-0.25, -0.2) is 10.3 Å². The Hall–Kier alpha value is -1.99. The first-order valence-electron chi connectivity index (χ1n) is 5.18. The predicted molar refractivity (Wildman–Crippen MR) is 66.3 cm³/mol. The Morgan fingerprint density at radius 2 is 2.33 bits per heavy atom. The highest BCUT2D eigenvalue weighted by molar-refractivity contribution is 6.31. The fourth-order valence-electron chi connectivity index (χ4n) is 1.56. The van der Waals surface area contributed by atoms with Gasteiger partial charge in [-0.2, -0.15) is 5.10 Å². The smallest absolute Gasteiger partial charge is 0.405 e. The first kappa shape index (κ1) is 12.5. The minimum absolute atomic E-state index is 0.298. The summed E-state index contributed by atoms with van der Waals surface area (Å²) in [6, 6.07) is 7.09. The Morgan fingerprint density at radius 1 is 1.56 bits per heavy atom. The third-order valence-corrected chi connectivity index (χ3v) is 2.66. The van der Waals surface area contributed by atoms with Crippen molar-refractivity contribution in [3.05, 3.63) is 34.9 Å². The van der Waals surface area contributed by atoms with Crippen LogP contribution >= 0.6 is 11.6 Å². The largest absolute Gasteiger partial charge is 0.440 e. The summed E-state index contributed by atoms with van der Waals surface area (Å²) < 4.78 is 5.06. The zero-order chi connectivity index (χ0) is 13.0. The summed E-state index contributed by atoms with van der Waals surface area (Å²) in [6.07, 6.45) is 0.00595. The summed E-state index contributed by atoms with van der Waals surface area (Å²) in [7, 11) is 0. The van der Waals surface area contributed by atoms with Gasteiger partial charge in [-0.15, -0.1) is 5.12 Å². The Morgan fingerprint density at radius 3 is 2.94 bits per heavy atom. The van der Waals surface area contributed by atoms with Crippen molar-refractivity contribution in [2.45, 2.75) is 6.10 Å². The molecule has 0 aliphatic carbocycles. The fraction of sp³-hybridized carbons (Fsp3) is 0.200. The summed E-state index contributed by atoms with van der Waals surface area (Å²) >= 11 is 6.07. The standard InChI is InChI=1S/C10H12ClN5O2/c11-8-4-2-1-3-7(8)9(18-10(12)17)5-16-14-6-13-15-16/h1-4,6,9,15H,5H2,(H2,12,17)(H,13,14)/t9-/m0/s1. The van der Waals surface area contributed by atoms with Crippen molar-refractivity contribution in [1.82, 2.24) is 16.1 Å². The van der Waals surface area contributed by atoms with Gasteiger partial charge in [-0.1, -0.05) is 29.8 Å². The number of hydrazone groups is 1. The van der Waals surface area contributed by atoms with Crippen LogP contribution in [0.2, 0.25) is 5.02 Å².